The number of pyridine rings is 1. The molecule has 1 aromatic rings. The van der Waals surface area contributed by atoms with Crippen LogP contribution in [0.5, 0.6) is 0 Å². The fourth-order valence-corrected chi connectivity index (χ4v) is 3.17. The van der Waals surface area contributed by atoms with Crippen LogP contribution in [0.2, 0.25) is 0 Å². The number of halogens is 1. The molecule has 1 fully saturated rings. The summed E-state index contributed by atoms with van der Waals surface area (Å²) < 4.78 is 11.6. The number of nitrogens with zero attached hydrogens (tertiary/aromatic N) is 1. The van der Waals surface area contributed by atoms with Gasteiger partial charge in [0.25, 0.3) is 0 Å². The van der Waals surface area contributed by atoms with E-state index in [0.29, 0.717) is 24.5 Å². The molecular formula is C17H25BrN2O4. The number of aliphatic hydroxyl groups is 1. The highest BCUT2D eigenvalue weighted by atomic mass is 79.9. The minimum atomic E-state index is -0.572. The van der Waals surface area contributed by atoms with Crippen LogP contribution in [0.1, 0.15) is 50.9 Å². The molecule has 1 aromatic heterocycles. The van der Waals surface area contributed by atoms with Crippen LogP contribution in [0.15, 0.2) is 16.7 Å². The summed E-state index contributed by atoms with van der Waals surface area (Å²) in [6.07, 6.45) is 2.84. The number of hydrogen-bond donors (Lipinski definition) is 2. The van der Waals surface area contributed by atoms with Crippen molar-refractivity contribution in [3.63, 3.8) is 0 Å². The third-order valence-corrected chi connectivity index (χ3v) is 4.28. The molecular weight excluding hydrogens is 376 g/mol. The number of nitrogens with one attached hydrogen (secondary N) is 1. The van der Waals surface area contributed by atoms with Crippen molar-refractivity contribution < 1.29 is 19.4 Å². The molecule has 134 valence electrons. The molecule has 2 rings (SSSR count). The molecule has 1 aliphatic rings. The van der Waals surface area contributed by atoms with Gasteiger partial charge < -0.3 is 19.9 Å². The van der Waals surface area contributed by atoms with E-state index < -0.39 is 11.7 Å². The summed E-state index contributed by atoms with van der Waals surface area (Å²) >= 11 is 3.37. The maximum Gasteiger partial charge on any atom is 0.408 e. The van der Waals surface area contributed by atoms with Gasteiger partial charge in [-0.05, 0) is 61.5 Å². The number of carbonyl (C=O) groups excluding carboxylic acids is 1. The molecule has 6 nitrogen and oxygen atoms in total. The lowest BCUT2D eigenvalue weighted by Crippen LogP contribution is -2.40. The smallest absolute Gasteiger partial charge is 0.408 e. The van der Waals surface area contributed by atoms with Crippen molar-refractivity contribution in [2.24, 2.45) is 5.92 Å². The Labute approximate surface area is 151 Å². The van der Waals surface area contributed by atoms with Gasteiger partial charge in [0.2, 0.25) is 0 Å². The Morgan fingerprint density at radius 2 is 2.17 bits per heavy atom. The van der Waals surface area contributed by atoms with Gasteiger partial charge >= 0.3 is 6.09 Å². The van der Waals surface area contributed by atoms with E-state index >= 15 is 0 Å². The summed E-state index contributed by atoms with van der Waals surface area (Å²) in [4.78, 5) is 16.7. The summed E-state index contributed by atoms with van der Waals surface area (Å²) in [6, 6.07) is 1.50. The Kier molecular flexibility index (Phi) is 6.60. The third kappa shape index (κ3) is 5.43. The number of alkyl carbamates (subject to hydrolysis) is 1. The van der Waals surface area contributed by atoms with Crippen molar-refractivity contribution in [1.82, 2.24) is 10.3 Å². The van der Waals surface area contributed by atoms with Gasteiger partial charge in [0.15, 0.2) is 0 Å². The van der Waals surface area contributed by atoms with Crippen LogP contribution < -0.4 is 5.32 Å². The second-order valence-electron chi connectivity index (χ2n) is 6.93. The highest BCUT2D eigenvalue weighted by Crippen LogP contribution is 2.32. The van der Waals surface area contributed by atoms with Crippen LogP contribution in [-0.2, 0) is 16.1 Å². The van der Waals surface area contributed by atoms with Crippen LogP contribution in [0, 0.1) is 5.92 Å². The van der Waals surface area contributed by atoms with E-state index in [2.05, 4.69) is 26.2 Å². The largest absolute Gasteiger partial charge is 0.444 e. The number of rotatable bonds is 4. The number of carbonyl (C=O) groups is 1. The van der Waals surface area contributed by atoms with Crippen molar-refractivity contribution in [1.29, 1.82) is 0 Å². The first kappa shape index (κ1) is 19.1. The fourth-order valence-electron chi connectivity index (χ4n) is 2.79. The molecule has 2 N–H and O–H groups in total. The van der Waals surface area contributed by atoms with Gasteiger partial charge in [-0.1, -0.05) is 0 Å². The van der Waals surface area contributed by atoms with Gasteiger partial charge in [0, 0.05) is 29.4 Å². The lowest BCUT2D eigenvalue weighted by molar-refractivity contribution is 0.0342. The van der Waals surface area contributed by atoms with E-state index in [4.69, 9.17) is 9.47 Å². The highest BCUT2D eigenvalue weighted by Gasteiger charge is 2.31. The number of hydrogen-bond acceptors (Lipinski definition) is 5. The van der Waals surface area contributed by atoms with Crippen molar-refractivity contribution in [3.8, 4) is 0 Å². The fraction of sp³-hybridized carbons (Fsp3) is 0.647. The van der Waals surface area contributed by atoms with Gasteiger partial charge in [-0.3, -0.25) is 4.98 Å². The second-order valence-corrected chi connectivity index (χ2v) is 7.85. The van der Waals surface area contributed by atoms with Gasteiger partial charge in [0.1, 0.15) is 5.60 Å². The van der Waals surface area contributed by atoms with Crippen LogP contribution in [-0.4, -0.2) is 35.0 Å². The second kappa shape index (κ2) is 8.27. The topological polar surface area (TPSA) is 80.7 Å². The average molecular weight is 401 g/mol. The van der Waals surface area contributed by atoms with Crippen LogP contribution >= 0.6 is 15.9 Å². The van der Waals surface area contributed by atoms with Crippen LogP contribution in [0.25, 0.3) is 0 Å². The first-order valence-corrected chi connectivity index (χ1v) is 8.92. The number of aliphatic hydroxyl groups excluding tert-OH is 1. The predicted octanol–water partition coefficient (Wildman–Crippen LogP) is 3.33. The Bertz CT molecular complexity index is 568. The molecule has 2 heterocycles. The molecule has 0 bridgehead atoms. The minimum Gasteiger partial charge on any atom is -0.444 e. The van der Waals surface area contributed by atoms with Crippen molar-refractivity contribution in [2.75, 3.05) is 13.2 Å². The predicted molar refractivity (Wildman–Crippen MR) is 93.5 cm³/mol. The lowest BCUT2D eigenvalue weighted by Gasteiger charge is -2.32. The third-order valence-electron chi connectivity index (χ3n) is 3.84. The number of amides is 1. The normalized spacial score (nSPS) is 17.4. The minimum absolute atomic E-state index is 0.141. The summed E-state index contributed by atoms with van der Waals surface area (Å²) in [5.74, 6) is 0.185. The Hall–Kier alpha value is -1.18. The molecule has 1 aliphatic heterocycles. The SMILES string of the molecule is CC(C)(C)OC(=O)N[C@H](c1ncc(Br)cc1CO)C1CCOCC1. The van der Waals surface area contributed by atoms with Gasteiger partial charge in [-0.2, -0.15) is 0 Å². The standard InChI is InChI=1S/C17H25BrN2O4/c1-17(2,3)24-16(22)20-15(11-4-6-23-7-5-11)14-12(10-21)8-13(18)9-19-14/h8-9,11,15,21H,4-7,10H2,1-3H3,(H,20,22)/t15-/m0/s1. The van der Waals surface area contributed by atoms with Crippen LogP contribution in [0.4, 0.5) is 4.79 Å². The molecule has 0 spiro atoms. The summed E-state index contributed by atoms with van der Waals surface area (Å²) in [5, 5.41) is 12.6. The maximum atomic E-state index is 12.3. The number of ether oxygens (including phenoxy) is 2. The Morgan fingerprint density at radius 1 is 1.50 bits per heavy atom. The van der Waals surface area contributed by atoms with Gasteiger partial charge in [-0.25, -0.2) is 4.79 Å². The molecule has 0 saturated carbocycles. The molecule has 0 unspecified atom stereocenters. The van der Waals surface area contributed by atoms with Crippen molar-refractivity contribution in [2.45, 2.75) is 51.9 Å². The highest BCUT2D eigenvalue weighted by molar-refractivity contribution is 9.10. The molecule has 24 heavy (non-hydrogen) atoms. The van der Waals surface area contributed by atoms with Crippen LogP contribution in [0.3, 0.4) is 0 Å². The molecule has 0 aliphatic carbocycles. The zero-order chi connectivity index (χ0) is 17.7. The quantitative estimate of drug-likeness (QED) is 0.809. The molecule has 1 amide bonds. The lowest BCUT2D eigenvalue weighted by atomic mass is 9.88. The molecule has 0 radical (unpaired) electrons. The zero-order valence-electron chi connectivity index (χ0n) is 14.3. The summed E-state index contributed by atoms with van der Waals surface area (Å²) in [5.41, 5.74) is 0.799. The monoisotopic (exact) mass is 400 g/mol. The van der Waals surface area contributed by atoms with Gasteiger partial charge in [-0.15, -0.1) is 0 Å². The van der Waals surface area contributed by atoms with E-state index in [1.807, 2.05) is 26.8 Å². The first-order chi connectivity index (χ1) is 11.3. The Morgan fingerprint density at radius 3 is 2.75 bits per heavy atom. The molecule has 0 aromatic carbocycles. The van der Waals surface area contributed by atoms with Crippen molar-refractivity contribution in [3.05, 3.63) is 28.0 Å². The zero-order valence-corrected chi connectivity index (χ0v) is 15.9. The molecule has 1 atom stereocenters. The molecule has 7 heteroatoms. The van der Waals surface area contributed by atoms with Gasteiger partial charge in [0.05, 0.1) is 18.3 Å². The van der Waals surface area contributed by atoms with E-state index in [0.717, 1.165) is 17.3 Å². The van der Waals surface area contributed by atoms with E-state index in [-0.39, 0.29) is 18.6 Å². The van der Waals surface area contributed by atoms with E-state index in [1.54, 1.807) is 6.20 Å². The Balaban J connectivity index is 2.27. The van der Waals surface area contributed by atoms with Crippen molar-refractivity contribution >= 4 is 22.0 Å². The van der Waals surface area contributed by atoms with E-state index in [1.165, 1.54) is 0 Å². The number of aromatic nitrogens is 1. The molecule has 1 saturated heterocycles. The summed E-state index contributed by atoms with van der Waals surface area (Å²) in [7, 11) is 0. The summed E-state index contributed by atoms with van der Waals surface area (Å²) in [6.45, 7) is 6.65. The average Bonchev–Trinajstić information content (AvgIpc) is 2.52. The first-order valence-electron chi connectivity index (χ1n) is 8.12. The maximum absolute atomic E-state index is 12.3. The van der Waals surface area contributed by atoms with E-state index in [9.17, 15) is 9.90 Å².